The Morgan fingerprint density at radius 1 is 0.919 bits per heavy atom. The predicted octanol–water partition coefficient (Wildman–Crippen LogP) is 2.94. The van der Waals surface area contributed by atoms with E-state index >= 15 is 0 Å². The predicted molar refractivity (Wildman–Crippen MR) is 153 cm³/mol. The van der Waals surface area contributed by atoms with Gasteiger partial charge in [0, 0.05) is 56.0 Å². The fraction of sp³-hybridized carbons (Fsp3) is 0.429. The largest absolute Gasteiger partial charge is 0.397 e. The maximum absolute atomic E-state index is 13.1. The van der Waals surface area contributed by atoms with Crippen molar-refractivity contribution in [2.45, 2.75) is 18.9 Å². The monoisotopic (exact) mass is 500 g/mol. The molecule has 0 bridgehead atoms. The lowest BCUT2D eigenvalue weighted by Crippen LogP contribution is -2.44. The summed E-state index contributed by atoms with van der Waals surface area (Å²) in [5.74, 6) is 0.500. The minimum atomic E-state index is -0.236. The average molecular weight is 501 g/mol. The molecule has 0 atom stereocenters. The second-order valence-corrected chi connectivity index (χ2v) is 10.7. The first-order chi connectivity index (χ1) is 17.9. The molecule has 2 aliphatic heterocycles. The first-order valence-electron chi connectivity index (χ1n) is 13.2. The summed E-state index contributed by atoms with van der Waals surface area (Å²) in [5.41, 5.74) is 12.0. The highest BCUT2D eigenvalue weighted by atomic mass is 16.1. The number of hydrogen-bond donors (Lipinski definition) is 3. The number of hydrogen-bond acceptors (Lipinski definition) is 7. The number of anilines is 3. The highest BCUT2D eigenvalue weighted by molar-refractivity contribution is 5.99. The van der Waals surface area contributed by atoms with Crippen LogP contribution in [0.15, 0.2) is 41.2 Å². The van der Waals surface area contributed by atoms with E-state index in [1.54, 1.807) is 0 Å². The zero-order valence-corrected chi connectivity index (χ0v) is 21.9. The van der Waals surface area contributed by atoms with Crippen LogP contribution in [0.25, 0.3) is 33.3 Å². The number of aromatic amines is 2. The highest BCUT2D eigenvalue weighted by Crippen LogP contribution is 2.32. The van der Waals surface area contributed by atoms with Crippen molar-refractivity contribution in [2.24, 2.45) is 0 Å². The van der Waals surface area contributed by atoms with Gasteiger partial charge in [0.05, 0.1) is 22.2 Å². The van der Waals surface area contributed by atoms with E-state index in [0.717, 1.165) is 85.4 Å². The molecule has 4 N–H and O–H groups in total. The fourth-order valence-corrected chi connectivity index (χ4v) is 5.73. The van der Waals surface area contributed by atoms with Gasteiger partial charge in [0.25, 0.3) is 5.56 Å². The molecule has 9 nitrogen and oxygen atoms in total. The van der Waals surface area contributed by atoms with E-state index in [9.17, 15) is 4.79 Å². The third kappa shape index (κ3) is 4.42. The normalized spacial score (nSPS) is 18.2. The number of nitrogens with two attached hydrogens (primary N) is 1. The molecule has 37 heavy (non-hydrogen) atoms. The van der Waals surface area contributed by atoms with Gasteiger partial charge < -0.3 is 35.3 Å². The summed E-state index contributed by atoms with van der Waals surface area (Å²) in [6.45, 7) is 6.28. The molecule has 4 heterocycles. The van der Waals surface area contributed by atoms with Crippen LogP contribution in [0.5, 0.6) is 0 Å². The molecule has 2 aromatic carbocycles. The highest BCUT2D eigenvalue weighted by Gasteiger charge is 2.22. The number of imidazole rings is 1. The lowest BCUT2D eigenvalue weighted by Gasteiger charge is -2.36. The molecule has 0 unspecified atom stereocenters. The summed E-state index contributed by atoms with van der Waals surface area (Å²) in [5, 5.41) is 0.838. The quantitative estimate of drug-likeness (QED) is 0.396. The Labute approximate surface area is 216 Å². The Morgan fingerprint density at radius 2 is 1.65 bits per heavy atom. The molecule has 0 amide bonds. The van der Waals surface area contributed by atoms with Crippen LogP contribution in [-0.4, -0.2) is 91.2 Å². The summed E-state index contributed by atoms with van der Waals surface area (Å²) in [6.07, 6.45) is 2.26. The van der Waals surface area contributed by atoms with Gasteiger partial charge >= 0.3 is 0 Å². The van der Waals surface area contributed by atoms with E-state index in [-0.39, 0.29) is 5.56 Å². The van der Waals surface area contributed by atoms with Gasteiger partial charge in [-0.3, -0.25) is 4.79 Å². The second kappa shape index (κ2) is 9.39. The number of pyridine rings is 1. The van der Waals surface area contributed by atoms with Gasteiger partial charge in [-0.25, -0.2) is 4.98 Å². The summed E-state index contributed by atoms with van der Waals surface area (Å²) in [7, 11) is 6.48. The van der Waals surface area contributed by atoms with E-state index in [4.69, 9.17) is 10.7 Å². The molecule has 2 aromatic heterocycles. The Balaban J connectivity index is 1.35. The number of nitrogens with one attached hydrogen (secondary N) is 2. The van der Waals surface area contributed by atoms with Gasteiger partial charge in [0.1, 0.15) is 11.4 Å². The number of nitrogens with zero attached hydrogens (tertiary/aromatic N) is 5. The van der Waals surface area contributed by atoms with Crippen LogP contribution in [0, 0.1) is 0 Å². The van der Waals surface area contributed by atoms with Gasteiger partial charge in [0.15, 0.2) is 0 Å². The number of piperazine rings is 1. The zero-order chi connectivity index (χ0) is 25.7. The molecule has 2 aliphatic rings. The van der Waals surface area contributed by atoms with Crippen molar-refractivity contribution in [2.75, 3.05) is 75.9 Å². The van der Waals surface area contributed by atoms with Crippen LogP contribution in [0.3, 0.4) is 0 Å². The zero-order valence-electron chi connectivity index (χ0n) is 21.9. The summed E-state index contributed by atoms with van der Waals surface area (Å²) in [6, 6.07) is 12.9. The third-order valence-corrected chi connectivity index (χ3v) is 8.25. The molecule has 4 aromatic rings. The van der Waals surface area contributed by atoms with Crippen LogP contribution in [0.4, 0.5) is 17.1 Å². The Morgan fingerprint density at radius 3 is 2.41 bits per heavy atom. The van der Waals surface area contributed by atoms with Gasteiger partial charge in [0.2, 0.25) is 0 Å². The first-order valence-corrected chi connectivity index (χ1v) is 13.2. The van der Waals surface area contributed by atoms with Gasteiger partial charge in [-0.15, -0.1) is 0 Å². The minimum absolute atomic E-state index is 0.236. The number of fused-ring (bicyclic) bond motifs is 2. The molecule has 0 spiro atoms. The number of likely N-dealkylation sites (tertiary alicyclic amines) is 1. The molecule has 0 radical (unpaired) electrons. The number of nitrogen functional groups attached to an aromatic ring is 1. The number of benzene rings is 2. The molecule has 9 heteroatoms. The molecule has 2 saturated heterocycles. The van der Waals surface area contributed by atoms with Crippen LogP contribution < -0.4 is 21.1 Å². The van der Waals surface area contributed by atoms with E-state index in [1.165, 1.54) is 0 Å². The van der Waals surface area contributed by atoms with Crippen molar-refractivity contribution < 1.29 is 0 Å². The summed E-state index contributed by atoms with van der Waals surface area (Å²) >= 11 is 0. The topological polar surface area (TPSA) is 101 Å². The minimum Gasteiger partial charge on any atom is -0.397 e. The lowest BCUT2D eigenvalue weighted by molar-refractivity contribution is 0.253. The summed E-state index contributed by atoms with van der Waals surface area (Å²) < 4.78 is 0. The van der Waals surface area contributed by atoms with Crippen LogP contribution in [0.2, 0.25) is 0 Å². The average Bonchev–Trinajstić information content (AvgIpc) is 3.32. The van der Waals surface area contributed by atoms with Gasteiger partial charge in [-0.1, -0.05) is 0 Å². The van der Waals surface area contributed by atoms with Crippen molar-refractivity contribution in [1.82, 2.24) is 24.8 Å². The van der Waals surface area contributed by atoms with Crippen molar-refractivity contribution in [3.05, 3.63) is 46.8 Å². The van der Waals surface area contributed by atoms with Crippen molar-refractivity contribution in [3.63, 3.8) is 0 Å². The molecule has 0 aliphatic carbocycles. The molecular formula is C28H36N8O. The third-order valence-electron chi connectivity index (χ3n) is 8.25. The SMILES string of the molecule is CN1CCC(N(C)c2ccc3[nH]c(=O)c(-c4nc5ccc(N6CCN(C)CC6)cc5[nH]4)c(N)c3c2)CC1. The standard InChI is InChI=1S/C28H36N8O/c1-33-10-8-18(9-11-33)35(3)19-4-6-22-21(16-19)26(29)25(28(37)32-22)27-30-23-7-5-20(17-24(23)31-27)36-14-12-34(2)13-15-36/h4-7,16-18H,8-15H2,1-3H3,(H,30,31)(H3,29,32,37). The Kier molecular flexibility index (Phi) is 6.04. The Hall–Kier alpha value is -3.56. The fourth-order valence-electron chi connectivity index (χ4n) is 5.73. The second-order valence-electron chi connectivity index (χ2n) is 10.7. The first kappa shape index (κ1) is 23.8. The van der Waals surface area contributed by atoms with E-state index in [0.29, 0.717) is 23.1 Å². The van der Waals surface area contributed by atoms with E-state index in [1.807, 2.05) is 12.1 Å². The number of likely N-dealkylation sites (N-methyl/N-ethyl adjacent to an activating group) is 1. The molecule has 194 valence electrons. The molecular weight excluding hydrogens is 464 g/mol. The van der Waals surface area contributed by atoms with Crippen molar-refractivity contribution in [3.8, 4) is 11.4 Å². The van der Waals surface area contributed by atoms with Crippen molar-refractivity contribution in [1.29, 1.82) is 0 Å². The molecule has 6 rings (SSSR count). The molecule has 2 fully saturated rings. The smallest absolute Gasteiger partial charge is 0.261 e. The maximum atomic E-state index is 13.1. The van der Waals surface area contributed by atoms with Crippen LogP contribution in [-0.2, 0) is 0 Å². The van der Waals surface area contributed by atoms with Crippen molar-refractivity contribution >= 4 is 39.0 Å². The number of piperidine rings is 1. The van der Waals surface area contributed by atoms with E-state index in [2.05, 4.69) is 75.0 Å². The lowest BCUT2D eigenvalue weighted by atomic mass is 10.0. The Bertz CT molecular complexity index is 1490. The number of aromatic nitrogens is 3. The van der Waals surface area contributed by atoms with Gasteiger partial charge in [-0.05, 0) is 76.4 Å². The number of H-pyrrole nitrogens is 2. The van der Waals surface area contributed by atoms with Crippen LogP contribution >= 0.6 is 0 Å². The number of rotatable bonds is 4. The maximum Gasteiger partial charge on any atom is 0.261 e. The molecule has 0 saturated carbocycles. The van der Waals surface area contributed by atoms with Crippen LogP contribution in [0.1, 0.15) is 12.8 Å². The van der Waals surface area contributed by atoms with E-state index < -0.39 is 0 Å². The summed E-state index contributed by atoms with van der Waals surface area (Å²) in [4.78, 5) is 33.8. The van der Waals surface area contributed by atoms with Gasteiger partial charge in [-0.2, -0.15) is 0 Å².